The van der Waals surface area contributed by atoms with Crippen LogP contribution in [-0.4, -0.2) is 24.2 Å². The Morgan fingerprint density at radius 3 is 2.81 bits per heavy atom. The summed E-state index contributed by atoms with van der Waals surface area (Å²) in [5, 5.41) is 9.16. The van der Waals surface area contributed by atoms with Crippen molar-refractivity contribution < 1.29 is 13.9 Å². The number of nitrogens with zero attached hydrogens (tertiary/aromatic N) is 2. The van der Waals surface area contributed by atoms with Gasteiger partial charge in [-0.15, -0.1) is 0 Å². The molecule has 0 unspecified atom stereocenters. The fourth-order valence-electron chi connectivity index (χ4n) is 1.71. The third-order valence-electron chi connectivity index (χ3n) is 2.71. The zero-order valence-electron chi connectivity index (χ0n) is 10.8. The van der Waals surface area contributed by atoms with Gasteiger partial charge in [0.05, 0.1) is 16.1 Å². The van der Waals surface area contributed by atoms with Crippen molar-refractivity contribution in [2.45, 2.75) is 0 Å². The summed E-state index contributed by atoms with van der Waals surface area (Å²) in [5.74, 6) is -0.637. The van der Waals surface area contributed by atoms with Crippen LogP contribution in [0.4, 0.5) is 4.39 Å². The average molecular weight is 305 g/mol. The van der Waals surface area contributed by atoms with E-state index in [4.69, 9.17) is 21.6 Å². The minimum atomic E-state index is -0.732. The van der Waals surface area contributed by atoms with Crippen molar-refractivity contribution in [1.82, 2.24) is 4.98 Å². The molecule has 0 amide bonds. The Kier molecular flexibility index (Phi) is 4.85. The number of aromatic nitrogens is 1. The molecule has 1 aromatic heterocycles. The molecule has 0 fully saturated rings. The number of esters is 1. The van der Waals surface area contributed by atoms with Crippen molar-refractivity contribution in [3.05, 3.63) is 52.8 Å². The number of hydrogen-bond acceptors (Lipinski definition) is 4. The van der Waals surface area contributed by atoms with Crippen LogP contribution in [-0.2, 0) is 4.74 Å². The van der Waals surface area contributed by atoms with Gasteiger partial charge >= 0.3 is 5.97 Å². The molecule has 0 radical (unpaired) electrons. The maximum Gasteiger partial charge on any atom is 0.339 e. The zero-order valence-corrected chi connectivity index (χ0v) is 11.6. The first-order valence-corrected chi connectivity index (χ1v) is 6.41. The second-order valence-electron chi connectivity index (χ2n) is 4.09. The van der Waals surface area contributed by atoms with Crippen molar-refractivity contribution >= 4 is 17.6 Å². The standard InChI is InChI=1S/C15H10ClFN2O2/c16-14-6-10(1-2-11(14)7-18)12-5-13(9-19-8-12)15(20)21-4-3-17/h1-2,5-6,8-9H,3-4H2. The maximum atomic E-state index is 12.0. The summed E-state index contributed by atoms with van der Waals surface area (Å²) >= 11 is 5.97. The normalized spacial score (nSPS) is 9.95. The molecule has 21 heavy (non-hydrogen) atoms. The number of rotatable bonds is 4. The van der Waals surface area contributed by atoms with Crippen LogP contribution < -0.4 is 0 Å². The van der Waals surface area contributed by atoms with Gasteiger partial charge in [-0.2, -0.15) is 5.26 Å². The number of alkyl halides is 1. The molecule has 0 saturated heterocycles. The topological polar surface area (TPSA) is 63.0 Å². The number of nitriles is 1. The summed E-state index contributed by atoms with van der Waals surface area (Å²) in [6.07, 6.45) is 2.90. The van der Waals surface area contributed by atoms with E-state index in [1.54, 1.807) is 30.5 Å². The van der Waals surface area contributed by atoms with Gasteiger partial charge in [-0.25, -0.2) is 9.18 Å². The molecule has 0 atom stereocenters. The van der Waals surface area contributed by atoms with Crippen LogP contribution in [0.1, 0.15) is 15.9 Å². The molecule has 1 aromatic carbocycles. The van der Waals surface area contributed by atoms with E-state index in [9.17, 15) is 9.18 Å². The van der Waals surface area contributed by atoms with Crippen LogP contribution in [0, 0.1) is 11.3 Å². The molecule has 2 aromatic rings. The Balaban J connectivity index is 2.31. The predicted octanol–water partition coefficient (Wildman–Crippen LogP) is 3.40. The molecule has 0 aliphatic carbocycles. The van der Waals surface area contributed by atoms with Gasteiger partial charge in [0.15, 0.2) is 0 Å². The van der Waals surface area contributed by atoms with Crippen molar-refractivity contribution in [2.75, 3.05) is 13.3 Å². The van der Waals surface area contributed by atoms with Crippen molar-refractivity contribution in [1.29, 1.82) is 5.26 Å². The summed E-state index contributed by atoms with van der Waals surface area (Å²) in [4.78, 5) is 15.6. The van der Waals surface area contributed by atoms with E-state index in [-0.39, 0.29) is 12.2 Å². The highest BCUT2D eigenvalue weighted by molar-refractivity contribution is 6.32. The zero-order chi connectivity index (χ0) is 15.2. The highest BCUT2D eigenvalue weighted by Crippen LogP contribution is 2.25. The number of benzene rings is 1. The molecule has 0 bridgehead atoms. The van der Waals surface area contributed by atoms with Crippen LogP contribution in [0.3, 0.4) is 0 Å². The number of ether oxygens (including phenoxy) is 1. The van der Waals surface area contributed by atoms with Crippen molar-refractivity contribution in [2.24, 2.45) is 0 Å². The molecule has 0 saturated carbocycles. The summed E-state index contributed by atoms with van der Waals surface area (Å²) < 4.78 is 16.7. The molecule has 0 aliphatic heterocycles. The first-order chi connectivity index (χ1) is 10.2. The lowest BCUT2D eigenvalue weighted by molar-refractivity contribution is 0.0481. The second kappa shape index (κ2) is 6.82. The summed E-state index contributed by atoms with van der Waals surface area (Å²) in [5.41, 5.74) is 1.95. The van der Waals surface area contributed by atoms with Crippen LogP contribution >= 0.6 is 11.6 Å². The van der Waals surface area contributed by atoms with Gasteiger partial charge in [0.25, 0.3) is 0 Å². The molecular formula is C15H10ClFN2O2. The van der Waals surface area contributed by atoms with Gasteiger partial charge in [-0.3, -0.25) is 4.98 Å². The number of carbonyl (C=O) groups is 1. The quantitative estimate of drug-likeness (QED) is 0.812. The minimum absolute atomic E-state index is 0.224. The van der Waals surface area contributed by atoms with E-state index in [2.05, 4.69) is 4.98 Å². The number of carbonyl (C=O) groups excluding carboxylic acids is 1. The third-order valence-corrected chi connectivity index (χ3v) is 3.02. The van der Waals surface area contributed by atoms with E-state index >= 15 is 0 Å². The largest absolute Gasteiger partial charge is 0.459 e. The van der Waals surface area contributed by atoms with E-state index in [1.165, 1.54) is 6.20 Å². The van der Waals surface area contributed by atoms with Gasteiger partial charge in [0, 0.05) is 18.0 Å². The lowest BCUT2D eigenvalue weighted by Crippen LogP contribution is -2.07. The Morgan fingerprint density at radius 1 is 1.33 bits per heavy atom. The summed E-state index contributed by atoms with van der Waals surface area (Å²) in [6, 6.07) is 8.46. The lowest BCUT2D eigenvalue weighted by atomic mass is 10.0. The maximum absolute atomic E-state index is 12.0. The van der Waals surface area contributed by atoms with Crippen LogP contribution in [0.2, 0.25) is 5.02 Å². The Hall–Kier alpha value is -2.45. The van der Waals surface area contributed by atoms with Gasteiger partial charge in [0.1, 0.15) is 19.4 Å². The van der Waals surface area contributed by atoms with Gasteiger partial charge < -0.3 is 4.74 Å². The van der Waals surface area contributed by atoms with Gasteiger partial charge in [-0.05, 0) is 23.8 Å². The van der Waals surface area contributed by atoms with E-state index in [0.29, 0.717) is 21.7 Å². The van der Waals surface area contributed by atoms with E-state index in [1.807, 2.05) is 6.07 Å². The first kappa shape index (κ1) is 14.9. The first-order valence-electron chi connectivity index (χ1n) is 6.04. The number of halogens is 2. The van der Waals surface area contributed by atoms with E-state index in [0.717, 1.165) is 0 Å². The average Bonchev–Trinajstić information content (AvgIpc) is 2.52. The molecule has 6 heteroatoms. The molecule has 2 rings (SSSR count). The summed E-state index contributed by atoms with van der Waals surface area (Å²) in [6.45, 7) is -1.02. The molecule has 0 N–H and O–H groups in total. The smallest absolute Gasteiger partial charge is 0.339 e. The molecule has 106 valence electrons. The van der Waals surface area contributed by atoms with Crippen LogP contribution in [0.25, 0.3) is 11.1 Å². The van der Waals surface area contributed by atoms with Crippen LogP contribution in [0.5, 0.6) is 0 Å². The highest BCUT2D eigenvalue weighted by Gasteiger charge is 2.10. The molecule has 1 heterocycles. The Morgan fingerprint density at radius 2 is 2.14 bits per heavy atom. The highest BCUT2D eigenvalue weighted by atomic mass is 35.5. The van der Waals surface area contributed by atoms with Gasteiger partial charge in [0.2, 0.25) is 0 Å². The monoisotopic (exact) mass is 304 g/mol. The summed E-state index contributed by atoms with van der Waals surface area (Å²) in [7, 11) is 0. The predicted molar refractivity (Wildman–Crippen MR) is 75.7 cm³/mol. The molecule has 0 spiro atoms. The lowest BCUT2D eigenvalue weighted by Gasteiger charge is -2.06. The van der Waals surface area contributed by atoms with Crippen molar-refractivity contribution in [3.63, 3.8) is 0 Å². The number of pyridine rings is 1. The molecule has 0 aliphatic rings. The second-order valence-corrected chi connectivity index (χ2v) is 4.50. The minimum Gasteiger partial charge on any atom is -0.459 e. The Bertz CT molecular complexity index is 713. The fourth-order valence-corrected chi connectivity index (χ4v) is 1.93. The fraction of sp³-hybridized carbons (Fsp3) is 0.133. The molecular weight excluding hydrogens is 295 g/mol. The Labute approximate surface area is 125 Å². The van der Waals surface area contributed by atoms with Crippen LogP contribution in [0.15, 0.2) is 36.7 Å². The molecule has 4 nitrogen and oxygen atoms in total. The number of hydrogen-bond donors (Lipinski definition) is 0. The van der Waals surface area contributed by atoms with E-state index < -0.39 is 12.6 Å². The SMILES string of the molecule is N#Cc1ccc(-c2cncc(C(=O)OCCF)c2)cc1Cl. The van der Waals surface area contributed by atoms with Crippen molar-refractivity contribution in [3.8, 4) is 17.2 Å². The van der Waals surface area contributed by atoms with Gasteiger partial charge in [-0.1, -0.05) is 17.7 Å². The third kappa shape index (κ3) is 3.56.